The number of nitrogens with zero attached hydrogens (tertiary/aromatic N) is 1. The zero-order valence-corrected chi connectivity index (χ0v) is 27.4. The molecule has 39 heavy (non-hydrogen) atoms. The fourth-order valence-corrected chi connectivity index (χ4v) is 14.7. The summed E-state index contributed by atoms with van der Waals surface area (Å²) in [6.45, 7) is 18.0. The molecule has 1 fully saturated rings. The average molecular weight is 574 g/mol. The van der Waals surface area contributed by atoms with Gasteiger partial charge in [-0.15, -0.1) is 11.6 Å². The summed E-state index contributed by atoms with van der Waals surface area (Å²) in [5.74, 6) is 1.44. The number of ketones is 1. The van der Waals surface area contributed by atoms with Gasteiger partial charge in [0.1, 0.15) is 14.2 Å². The van der Waals surface area contributed by atoms with Gasteiger partial charge in [0.05, 0.1) is 0 Å². The number of hydrogen-bond donors (Lipinski definition) is 0. The lowest BCUT2D eigenvalue weighted by molar-refractivity contribution is -0.116. The number of carbonyl (C=O) groups excluding carboxylic acids is 2. The smallest absolute Gasteiger partial charge is 0.414 e. The van der Waals surface area contributed by atoms with Crippen molar-refractivity contribution in [1.82, 2.24) is 4.90 Å². The lowest BCUT2D eigenvalue weighted by Crippen LogP contribution is -2.54. The van der Waals surface area contributed by atoms with Gasteiger partial charge in [-0.25, -0.2) is 4.79 Å². The Hall–Kier alpha value is -1.59. The topological polar surface area (TPSA) is 46.6 Å². The highest BCUT2D eigenvalue weighted by Crippen LogP contribution is 2.48. The minimum Gasteiger partial charge on any atom is -0.445 e. The molecule has 1 saturated carbocycles. The van der Waals surface area contributed by atoms with Crippen LogP contribution in [0.15, 0.2) is 35.7 Å². The monoisotopic (exact) mass is 573 g/mol. The molecule has 1 heterocycles. The van der Waals surface area contributed by atoms with Crippen LogP contribution in [0.2, 0.25) is 16.6 Å². The molecule has 0 radical (unpaired) electrons. The van der Waals surface area contributed by atoms with Crippen LogP contribution in [0.3, 0.4) is 0 Å². The highest BCUT2D eigenvalue weighted by Gasteiger charge is 2.50. The molecule has 4 nitrogen and oxygen atoms in total. The third-order valence-corrected chi connectivity index (χ3v) is 16.9. The number of ether oxygens (including phenoxy) is 1. The summed E-state index contributed by atoms with van der Waals surface area (Å²) in [7, 11) is -2.24. The van der Waals surface area contributed by atoms with Crippen LogP contribution in [0, 0.1) is 0 Å². The summed E-state index contributed by atoms with van der Waals surface area (Å²) in [5.41, 5.74) is 3.75. The first-order valence-corrected chi connectivity index (χ1v) is 18.1. The fraction of sp³-hybridized carbons (Fsp3) is 0.697. The normalized spacial score (nSPS) is 22.7. The third kappa shape index (κ3) is 6.84. The van der Waals surface area contributed by atoms with Crippen LogP contribution in [0.4, 0.5) is 4.79 Å². The van der Waals surface area contributed by atoms with Gasteiger partial charge in [-0.05, 0) is 71.0 Å². The van der Waals surface area contributed by atoms with Gasteiger partial charge in [-0.2, -0.15) is 0 Å². The Morgan fingerprint density at radius 1 is 0.974 bits per heavy atom. The molecule has 218 valence electrons. The molecule has 0 saturated heterocycles. The summed E-state index contributed by atoms with van der Waals surface area (Å²) < 4.78 is 6.38. The van der Waals surface area contributed by atoms with Crippen molar-refractivity contribution < 1.29 is 14.3 Å². The van der Waals surface area contributed by atoms with Crippen LogP contribution in [-0.2, 0) is 9.53 Å². The van der Waals surface area contributed by atoms with Gasteiger partial charge in [0.2, 0.25) is 0 Å². The molecule has 6 heteroatoms. The minimum atomic E-state index is -2.24. The van der Waals surface area contributed by atoms with Crippen molar-refractivity contribution in [2.45, 2.75) is 141 Å². The van der Waals surface area contributed by atoms with Crippen LogP contribution >= 0.6 is 11.6 Å². The van der Waals surface area contributed by atoms with E-state index in [0.717, 1.165) is 37.3 Å². The number of carbonyl (C=O) groups is 2. The zero-order chi connectivity index (χ0) is 28.9. The Bertz CT molecular complexity index is 979. The predicted molar refractivity (Wildman–Crippen MR) is 166 cm³/mol. The predicted octanol–water partition coefficient (Wildman–Crippen LogP) is 9.74. The van der Waals surface area contributed by atoms with E-state index in [9.17, 15) is 9.59 Å². The van der Waals surface area contributed by atoms with Crippen molar-refractivity contribution in [3.8, 4) is 0 Å². The largest absolute Gasteiger partial charge is 0.445 e. The molecule has 3 atom stereocenters. The lowest BCUT2D eigenvalue weighted by Gasteiger charge is -2.47. The van der Waals surface area contributed by atoms with Crippen LogP contribution in [0.1, 0.15) is 123 Å². The van der Waals surface area contributed by atoms with Gasteiger partial charge < -0.3 is 4.74 Å². The first kappa shape index (κ1) is 31.9. The number of benzene rings is 1. The van der Waals surface area contributed by atoms with Crippen LogP contribution in [0.5, 0.6) is 0 Å². The number of halogens is 1. The number of alkyl halides is 1. The Morgan fingerprint density at radius 2 is 1.56 bits per heavy atom. The molecule has 0 aromatic heterocycles. The van der Waals surface area contributed by atoms with Crippen LogP contribution < -0.4 is 0 Å². The minimum absolute atomic E-state index is 0.151. The van der Waals surface area contributed by atoms with Gasteiger partial charge in [0.15, 0.2) is 5.78 Å². The summed E-state index contributed by atoms with van der Waals surface area (Å²) >= 11 is 6.06. The first-order chi connectivity index (χ1) is 18.4. The Kier molecular flexibility index (Phi) is 11.3. The second-order valence-corrected chi connectivity index (χ2v) is 19.3. The summed E-state index contributed by atoms with van der Waals surface area (Å²) in [6, 6.07) is 8.68. The highest BCUT2D eigenvalue weighted by atomic mass is 35.5. The van der Waals surface area contributed by atoms with E-state index in [-0.39, 0.29) is 29.9 Å². The third-order valence-electron chi connectivity index (χ3n) is 9.58. The average Bonchev–Trinajstić information content (AvgIpc) is 2.88. The molecule has 2 aliphatic rings. The van der Waals surface area contributed by atoms with Crippen molar-refractivity contribution in [3.05, 3.63) is 46.8 Å². The van der Waals surface area contributed by atoms with Gasteiger partial charge in [0.25, 0.3) is 0 Å². The second-order valence-electron chi connectivity index (χ2n) is 13.1. The van der Waals surface area contributed by atoms with Crippen molar-refractivity contribution in [1.29, 1.82) is 0 Å². The van der Waals surface area contributed by atoms with E-state index in [1.807, 2.05) is 6.20 Å². The molecule has 1 amide bonds. The zero-order valence-electron chi connectivity index (χ0n) is 25.6. The van der Waals surface area contributed by atoms with Gasteiger partial charge in [-0.3, -0.25) is 9.69 Å². The van der Waals surface area contributed by atoms with Crippen molar-refractivity contribution in [2.24, 2.45) is 0 Å². The van der Waals surface area contributed by atoms with E-state index in [4.69, 9.17) is 16.3 Å². The van der Waals surface area contributed by atoms with Crippen molar-refractivity contribution in [3.63, 3.8) is 0 Å². The number of amides is 1. The Morgan fingerprint density at radius 3 is 2.10 bits per heavy atom. The van der Waals surface area contributed by atoms with Gasteiger partial charge in [0, 0.05) is 30.5 Å². The molecule has 1 aromatic carbocycles. The lowest BCUT2D eigenvalue weighted by atomic mass is 9.81. The standard InChI is InChI=1S/C33H52ClNO3Si/c1-22(2)26-15-17-27(18-16-26)29-13-9-10-14-31(29)38-33(37)35-21-32(30(36)20-28(35)12-11-19-34)39(23(3)4,24(5)6)25(7)8/h15-18,21-25,28-29,31H,9-14,19-20H2,1-8H3/t28-,29+,31-/m0/s1. The summed E-state index contributed by atoms with van der Waals surface area (Å²) in [5, 5.41) is 0.922. The maximum atomic E-state index is 14.0. The number of hydrogen-bond acceptors (Lipinski definition) is 3. The fourth-order valence-electron chi connectivity index (χ4n) is 7.72. The summed E-state index contributed by atoms with van der Waals surface area (Å²) in [6.07, 6.45) is 7.45. The molecule has 1 aliphatic carbocycles. The molecule has 0 N–H and O–H groups in total. The van der Waals surface area contributed by atoms with Crippen molar-refractivity contribution >= 4 is 31.6 Å². The second kappa shape index (κ2) is 13.8. The van der Waals surface area contributed by atoms with E-state index in [0.29, 0.717) is 41.3 Å². The molecule has 1 aromatic rings. The van der Waals surface area contributed by atoms with Crippen molar-refractivity contribution in [2.75, 3.05) is 5.88 Å². The van der Waals surface area contributed by atoms with E-state index >= 15 is 0 Å². The van der Waals surface area contributed by atoms with E-state index < -0.39 is 8.07 Å². The number of Topliss-reactive ketones (excluding diaryl/α,β-unsaturated/α-hetero) is 1. The quantitative estimate of drug-likeness (QED) is 0.207. The molecule has 0 unspecified atom stereocenters. The first-order valence-electron chi connectivity index (χ1n) is 15.3. The molecule has 3 rings (SSSR count). The van der Waals surface area contributed by atoms with Crippen LogP contribution in [-0.4, -0.2) is 42.9 Å². The molecular weight excluding hydrogens is 522 g/mol. The summed E-state index contributed by atoms with van der Waals surface area (Å²) in [4.78, 5) is 29.5. The van der Waals surface area contributed by atoms with Gasteiger partial charge >= 0.3 is 6.09 Å². The maximum Gasteiger partial charge on any atom is 0.414 e. The Balaban J connectivity index is 1.96. The number of rotatable bonds is 10. The van der Waals surface area contributed by atoms with E-state index in [2.05, 4.69) is 79.7 Å². The molecule has 1 aliphatic heterocycles. The molecular formula is C33H52ClNO3Si. The SMILES string of the molecule is CC(C)c1ccc([C@H]2CCCC[C@@H]2OC(=O)N2C=C([Si](C(C)C)(C(C)C)C(C)C)C(=O)C[C@@H]2CCCCl)cc1. The number of allylic oxidation sites excluding steroid dienone is 1. The molecule has 0 spiro atoms. The molecule has 0 bridgehead atoms. The van der Waals surface area contributed by atoms with Crippen LogP contribution in [0.25, 0.3) is 0 Å². The Labute approximate surface area is 243 Å². The highest BCUT2D eigenvalue weighted by molar-refractivity contribution is 6.93. The van der Waals surface area contributed by atoms with E-state index in [1.165, 1.54) is 11.1 Å². The van der Waals surface area contributed by atoms with E-state index in [1.54, 1.807) is 4.90 Å². The van der Waals surface area contributed by atoms with Gasteiger partial charge in [-0.1, -0.05) is 86.1 Å². The maximum absolute atomic E-state index is 14.0.